The number of hydrogen-bond donors (Lipinski definition) is 0. The number of allylic oxidation sites excluding steroid dienone is 1. The van der Waals surface area contributed by atoms with E-state index in [2.05, 4.69) is 159 Å². The minimum absolute atomic E-state index is 0.189. The van der Waals surface area contributed by atoms with Gasteiger partial charge in [0.05, 0.1) is 5.71 Å². The quantitative estimate of drug-likeness (QED) is 0.157. The molecule has 0 aliphatic carbocycles. The van der Waals surface area contributed by atoms with E-state index in [1.165, 1.54) is 0 Å². The molecule has 2 heterocycles. The normalized spacial score (nSPS) is 13.9. The predicted octanol–water partition coefficient (Wildman–Crippen LogP) is 12.7. The summed E-state index contributed by atoms with van der Waals surface area (Å²) in [5.41, 5.74) is 14.7. The van der Waals surface area contributed by atoms with Crippen LogP contribution in [0.1, 0.15) is 28.3 Å². The SMILES string of the molecule is C=C1C(c2ccccc2)=CC(c2cccc(-c3cc(-c4nc(-c5ccccc5)nc(-c5cccc(-c6ccccc6)c5)n4)ccc3C)c2)=NC1c1ccccc1. The molecule has 1 aliphatic rings. The molecule has 8 aromatic rings. The van der Waals surface area contributed by atoms with Crippen molar-refractivity contribution >= 4 is 11.3 Å². The van der Waals surface area contributed by atoms with Crippen molar-refractivity contribution in [1.29, 1.82) is 0 Å². The van der Waals surface area contributed by atoms with Crippen LogP contribution in [-0.2, 0) is 0 Å². The molecular weight excluding hydrogens is 681 g/mol. The molecule has 0 N–H and O–H groups in total. The molecule has 7 aromatic carbocycles. The number of aromatic nitrogens is 3. The van der Waals surface area contributed by atoms with Gasteiger partial charge in [0.2, 0.25) is 0 Å². The molecule has 0 spiro atoms. The third kappa shape index (κ3) is 7.04. The molecule has 1 unspecified atom stereocenters. The van der Waals surface area contributed by atoms with Crippen LogP contribution in [0.3, 0.4) is 0 Å². The Morgan fingerprint density at radius 3 is 1.55 bits per heavy atom. The van der Waals surface area contributed by atoms with Crippen molar-refractivity contribution in [3.8, 4) is 56.4 Å². The number of benzene rings is 7. The highest BCUT2D eigenvalue weighted by molar-refractivity contribution is 6.15. The maximum Gasteiger partial charge on any atom is 0.164 e. The number of aryl methyl sites for hydroxylation is 1. The average molecular weight is 719 g/mol. The van der Waals surface area contributed by atoms with E-state index >= 15 is 0 Å². The lowest BCUT2D eigenvalue weighted by molar-refractivity contribution is 0.875. The molecule has 4 nitrogen and oxygen atoms in total. The predicted molar refractivity (Wildman–Crippen MR) is 231 cm³/mol. The first kappa shape index (κ1) is 34.5. The Hall–Kier alpha value is -7.30. The van der Waals surface area contributed by atoms with Crippen molar-refractivity contribution in [3.63, 3.8) is 0 Å². The van der Waals surface area contributed by atoms with Crippen LogP contribution in [0.5, 0.6) is 0 Å². The van der Waals surface area contributed by atoms with Crippen molar-refractivity contribution in [2.45, 2.75) is 13.0 Å². The van der Waals surface area contributed by atoms with Crippen molar-refractivity contribution in [3.05, 3.63) is 229 Å². The van der Waals surface area contributed by atoms with Gasteiger partial charge in [-0.1, -0.05) is 176 Å². The Kier molecular flexibility index (Phi) is 9.36. The van der Waals surface area contributed by atoms with Crippen molar-refractivity contribution in [1.82, 2.24) is 15.0 Å². The number of rotatable bonds is 8. The second-order valence-electron chi connectivity index (χ2n) is 14.0. The molecular formula is C52H38N4. The fourth-order valence-electron chi connectivity index (χ4n) is 7.32. The second-order valence-corrected chi connectivity index (χ2v) is 14.0. The van der Waals surface area contributed by atoms with E-state index in [-0.39, 0.29) is 6.04 Å². The highest BCUT2D eigenvalue weighted by Gasteiger charge is 2.24. The van der Waals surface area contributed by atoms with Crippen LogP contribution in [-0.4, -0.2) is 20.7 Å². The smallest absolute Gasteiger partial charge is 0.164 e. The molecule has 9 rings (SSSR count). The maximum absolute atomic E-state index is 5.32. The Balaban J connectivity index is 1.13. The summed E-state index contributed by atoms with van der Waals surface area (Å²) in [5.74, 6) is 1.88. The average Bonchev–Trinajstić information content (AvgIpc) is 3.28. The minimum atomic E-state index is -0.189. The fourth-order valence-corrected chi connectivity index (χ4v) is 7.32. The summed E-state index contributed by atoms with van der Waals surface area (Å²) in [6.07, 6.45) is 2.18. The van der Waals surface area contributed by atoms with Gasteiger partial charge in [-0.2, -0.15) is 0 Å². The van der Waals surface area contributed by atoms with E-state index in [9.17, 15) is 0 Å². The third-order valence-corrected chi connectivity index (χ3v) is 10.3. The van der Waals surface area contributed by atoms with Gasteiger partial charge in [-0.05, 0) is 81.3 Å². The van der Waals surface area contributed by atoms with Crippen molar-refractivity contribution in [2.24, 2.45) is 4.99 Å². The van der Waals surface area contributed by atoms with Gasteiger partial charge in [-0.15, -0.1) is 0 Å². The summed E-state index contributed by atoms with van der Waals surface area (Å²) in [5, 5.41) is 0. The summed E-state index contributed by atoms with van der Waals surface area (Å²) < 4.78 is 0. The molecule has 1 atom stereocenters. The highest BCUT2D eigenvalue weighted by atomic mass is 15.0. The largest absolute Gasteiger partial charge is 0.272 e. The van der Waals surface area contributed by atoms with E-state index in [0.717, 1.165) is 78.1 Å². The third-order valence-electron chi connectivity index (χ3n) is 10.3. The molecule has 0 saturated carbocycles. The summed E-state index contributed by atoms with van der Waals surface area (Å²) in [6, 6.07) is 64.7. The highest BCUT2D eigenvalue weighted by Crippen LogP contribution is 2.39. The van der Waals surface area contributed by atoms with Crippen LogP contribution >= 0.6 is 0 Å². The van der Waals surface area contributed by atoms with Gasteiger partial charge in [0, 0.05) is 22.3 Å². The first-order valence-corrected chi connectivity index (χ1v) is 18.9. The van der Waals surface area contributed by atoms with Crippen LogP contribution in [0.2, 0.25) is 0 Å². The number of aliphatic imine (C=N–C) groups is 1. The molecule has 0 fully saturated rings. The van der Waals surface area contributed by atoms with Gasteiger partial charge in [0.25, 0.3) is 0 Å². The molecule has 4 heteroatoms. The molecule has 266 valence electrons. The zero-order chi connectivity index (χ0) is 37.8. The summed E-state index contributed by atoms with van der Waals surface area (Å²) in [6.45, 7) is 6.70. The summed E-state index contributed by atoms with van der Waals surface area (Å²) in [7, 11) is 0. The zero-order valence-electron chi connectivity index (χ0n) is 31.0. The van der Waals surface area contributed by atoms with E-state index in [4.69, 9.17) is 19.9 Å². The first-order valence-electron chi connectivity index (χ1n) is 18.9. The standard InChI is InChI=1S/C52H38N4/c1-35-29-30-45(52-55-50(40-23-13-6-14-24-40)54-51(56-52)44-28-15-25-41(31-44)37-17-7-3-8-18-37)33-46(35)42-26-16-27-43(32-42)48-34-47(38-19-9-4-10-20-38)36(2)49(53-48)39-21-11-5-12-22-39/h3-34,49H,2H2,1H3. The van der Waals surface area contributed by atoms with Crippen LogP contribution in [0, 0.1) is 6.92 Å². The Labute approximate surface area is 328 Å². The number of dihydropyridines is 1. The zero-order valence-corrected chi connectivity index (χ0v) is 31.0. The lowest BCUT2D eigenvalue weighted by atomic mass is 9.85. The number of hydrogen-bond acceptors (Lipinski definition) is 4. The molecule has 56 heavy (non-hydrogen) atoms. The van der Waals surface area contributed by atoms with Crippen LogP contribution in [0.25, 0.3) is 62.0 Å². The van der Waals surface area contributed by atoms with Crippen LogP contribution in [0.15, 0.2) is 211 Å². The molecule has 0 radical (unpaired) electrons. The van der Waals surface area contributed by atoms with E-state index in [0.29, 0.717) is 17.5 Å². The van der Waals surface area contributed by atoms with Crippen molar-refractivity contribution < 1.29 is 0 Å². The van der Waals surface area contributed by atoms with E-state index < -0.39 is 0 Å². The van der Waals surface area contributed by atoms with Gasteiger partial charge < -0.3 is 0 Å². The molecule has 1 aromatic heterocycles. The molecule has 1 aliphatic heterocycles. The van der Waals surface area contributed by atoms with Gasteiger partial charge in [0.15, 0.2) is 17.5 Å². The van der Waals surface area contributed by atoms with Crippen molar-refractivity contribution in [2.75, 3.05) is 0 Å². The topological polar surface area (TPSA) is 51.0 Å². The van der Waals surface area contributed by atoms with Gasteiger partial charge in [-0.25, -0.2) is 15.0 Å². The second kappa shape index (κ2) is 15.2. The lowest BCUT2D eigenvalue weighted by Crippen LogP contribution is -2.12. The fraction of sp³-hybridized carbons (Fsp3) is 0.0385. The van der Waals surface area contributed by atoms with Gasteiger partial charge in [0.1, 0.15) is 6.04 Å². The van der Waals surface area contributed by atoms with E-state index in [1.54, 1.807) is 0 Å². The van der Waals surface area contributed by atoms with E-state index in [1.807, 2.05) is 48.5 Å². The Morgan fingerprint density at radius 2 is 0.893 bits per heavy atom. The summed E-state index contributed by atoms with van der Waals surface area (Å²) >= 11 is 0. The monoisotopic (exact) mass is 718 g/mol. The van der Waals surface area contributed by atoms with Gasteiger partial charge >= 0.3 is 0 Å². The minimum Gasteiger partial charge on any atom is -0.272 e. The number of nitrogens with zero attached hydrogens (tertiary/aromatic N) is 4. The van der Waals surface area contributed by atoms with Gasteiger partial charge in [-0.3, -0.25) is 4.99 Å². The maximum atomic E-state index is 5.32. The first-order chi connectivity index (χ1) is 27.6. The molecule has 0 saturated heterocycles. The Bertz CT molecular complexity index is 2750. The summed E-state index contributed by atoms with van der Waals surface area (Å²) in [4.78, 5) is 20.5. The molecule has 0 amide bonds. The van der Waals surface area contributed by atoms with Crippen LogP contribution < -0.4 is 0 Å². The lowest BCUT2D eigenvalue weighted by Gasteiger charge is -2.25. The van der Waals surface area contributed by atoms with Crippen LogP contribution in [0.4, 0.5) is 0 Å². The molecule has 0 bridgehead atoms. The Morgan fingerprint density at radius 1 is 0.411 bits per heavy atom.